The molecule has 150 valence electrons. The van der Waals surface area contributed by atoms with Crippen molar-refractivity contribution in [2.75, 3.05) is 23.4 Å². The van der Waals surface area contributed by atoms with Crippen LogP contribution < -0.4 is 15.0 Å². The monoisotopic (exact) mass is 449 g/mol. The Morgan fingerprint density at radius 3 is 2.86 bits per heavy atom. The predicted molar refractivity (Wildman–Crippen MR) is 116 cm³/mol. The van der Waals surface area contributed by atoms with Crippen LogP contribution in [0.1, 0.15) is 15.2 Å². The van der Waals surface area contributed by atoms with E-state index in [4.69, 9.17) is 27.9 Å². The second-order valence-corrected chi connectivity index (χ2v) is 8.54. The molecule has 9 heteroatoms. The van der Waals surface area contributed by atoms with Gasteiger partial charge in [-0.3, -0.25) is 4.79 Å². The molecule has 0 unspecified atom stereocenters. The molecule has 0 fully saturated rings. The quantitative estimate of drug-likeness (QED) is 0.592. The summed E-state index contributed by atoms with van der Waals surface area (Å²) in [4.78, 5) is 20.4. The van der Waals surface area contributed by atoms with E-state index >= 15 is 0 Å². The largest absolute Gasteiger partial charge is 0.488 e. The third-order valence-corrected chi connectivity index (χ3v) is 6.14. The second-order valence-electron chi connectivity index (χ2n) is 6.51. The molecule has 0 spiro atoms. The molecule has 3 aromatic rings. The standard InChI is InChI=1S/C20H17Cl2N3O3S/c1-11-8-23-20(29-11)25-13(9-26)10-28-18-14(3-2-4-17(18)25)19(27)24-12-5-6-15(21)16(22)7-12/h2-8,13,26H,9-10H2,1H3,(H,24,27)/t13-/m0/s1. The van der Waals surface area contributed by atoms with E-state index in [0.717, 1.165) is 10.0 Å². The Kier molecular flexibility index (Phi) is 5.65. The Morgan fingerprint density at radius 2 is 2.17 bits per heavy atom. The lowest BCUT2D eigenvalue weighted by Gasteiger charge is -2.36. The molecule has 2 N–H and O–H groups in total. The van der Waals surface area contributed by atoms with Gasteiger partial charge in [0.25, 0.3) is 5.91 Å². The van der Waals surface area contributed by atoms with Crippen molar-refractivity contribution in [3.8, 4) is 5.75 Å². The van der Waals surface area contributed by atoms with E-state index in [2.05, 4.69) is 10.3 Å². The first-order valence-corrected chi connectivity index (χ1v) is 10.4. The van der Waals surface area contributed by atoms with Gasteiger partial charge in [0, 0.05) is 16.8 Å². The Bertz CT molecular complexity index is 1070. The van der Waals surface area contributed by atoms with Gasteiger partial charge in [0.2, 0.25) is 0 Å². The Morgan fingerprint density at radius 1 is 1.34 bits per heavy atom. The van der Waals surface area contributed by atoms with E-state index in [0.29, 0.717) is 32.7 Å². The first-order valence-electron chi connectivity index (χ1n) is 8.82. The summed E-state index contributed by atoms with van der Waals surface area (Å²) in [5, 5.41) is 14.2. The number of rotatable bonds is 4. The maximum Gasteiger partial charge on any atom is 0.259 e. The fourth-order valence-corrected chi connectivity index (χ4v) is 4.26. The van der Waals surface area contributed by atoms with Gasteiger partial charge in [0.1, 0.15) is 6.61 Å². The van der Waals surface area contributed by atoms with Crippen LogP contribution in [-0.4, -0.2) is 35.3 Å². The average molecular weight is 450 g/mol. The number of carbonyl (C=O) groups is 1. The number of nitrogens with zero attached hydrogens (tertiary/aromatic N) is 2. The molecule has 0 saturated heterocycles. The molecule has 6 nitrogen and oxygen atoms in total. The minimum atomic E-state index is -0.335. The molecule has 1 amide bonds. The molecule has 1 aliphatic heterocycles. The lowest BCUT2D eigenvalue weighted by Crippen LogP contribution is -2.42. The van der Waals surface area contributed by atoms with Crippen LogP contribution in [0.15, 0.2) is 42.6 Å². The summed E-state index contributed by atoms with van der Waals surface area (Å²) in [5.74, 6) is 0.112. The molecule has 0 radical (unpaired) electrons. The summed E-state index contributed by atoms with van der Waals surface area (Å²) in [6.45, 7) is 2.11. The highest BCUT2D eigenvalue weighted by atomic mass is 35.5. The van der Waals surface area contributed by atoms with Crippen molar-refractivity contribution < 1.29 is 14.6 Å². The van der Waals surface area contributed by atoms with Crippen molar-refractivity contribution in [3.63, 3.8) is 0 Å². The van der Waals surface area contributed by atoms with E-state index in [1.165, 1.54) is 11.3 Å². The van der Waals surface area contributed by atoms with Crippen LogP contribution in [0.2, 0.25) is 10.0 Å². The highest BCUT2D eigenvalue weighted by Crippen LogP contribution is 2.42. The normalized spacial score (nSPS) is 15.6. The zero-order chi connectivity index (χ0) is 20.5. The van der Waals surface area contributed by atoms with E-state index in [-0.39, 0.29) is 25.2 Å². The number of ether oxygens (including phenoxy) is 1. The zero-order valence-electron chi connectivity index (χ0n) is 15.4. The SMILES string of the molecule is Cc1cnc(N2c3cccc(C(=O)Nc4ccc(Cl)c(Cl)c4)c3OC[C@@H]2CO)s1. The molecular weight excluding hydrogens is 433 g/mol. The lowest BCUT2D eigenvalue weighted by molar-refractivity contribution is 0.102. The fraction of sp³-hybridized carbons (Fsp3) is 0.200. The number of aliphatic hydroxyl groups is 1. The van der Waals surface area contributed by atoms with Gasteiger partial charge in [-0.2, -0.15) is 0 Å². The molecule has 29 heavy (non-hydrogen) atoms. The van der Waals surface area contributed by atoms with E-state index < -0.39 is 0 Å². The third kappa shape index (κ3) is 3.91. The summed E-state index contributed by atoms with van der Waals surface area (Å²) < 4.78 is 5.89. The van der Waals surface area contributed by atoms with Crippen molar-refractivity contribution in [2.24, 2.45) is 0 Å². The minimum absolute atomic E-state index is 0.0994. The molecule has 0 saturated carbocycles. The van der Waals surface area contributed by atoms with Crippen molar-refractivity contribution >= 4 is 57.0 Å². The maximum atomic E-state index is 12.9. The van der Waals surface area contributed by atoms with Gasteiger partial charge in [0.05, 0.1) is 33.9 Å². The van der Waals surface area contributed by atoms with Crippen LogP contribution in [0, 0.1) is 6.92 Å². The molecule has 1 aliphatic rings. The number of carbonyl (C=O) groups excluding carboxylic acids is 1. The van der Waals surface area contributed by atoms with Crippen LogP contribution in [-0.2, 0) is 0 Å². The summed E-state index contributed by atoms with van der Waals surface area (Å²) in [7, 11) is 0. The van der Waals surface area contributed by atoms with E-state index in [9.17, 15) is 9.90 Å². The number of aryl methyl sites for hydroxylation is 1. The second kappa shape index (κ2) is 8.20. The number of benzene rings is 2. The number of hydrogen-bond donors (Lipinski definition) is 2. The molecule has 4 rings (SSSR count). The molecular formula is C20H17Cl2N3O3S. The van der Waals surface area contributed by atoms with Gasteiger partial charge in [-0.1, -0.05) is 29.3 Å². The van der Waals surface area contributed by atoms with Crippen LogP contribution in [0.4, 0.5) is 16.5 Å². The number of amides is 1. The van der Waals surface area contributed by atoms with Gasteiger partial charge in [0.15, 0.2) is 10.9 Å². The number of halogens is 2. The Labute approximate surface area is 181 Å². The topological polar surface area (TPSA) is 74.7 Å². The number of aromatic nitrogens is 1. The summed E-state index contributed by atoms with van der Waals surface area (Å²) >= 11 is 13.5. The van der Waals surface area contributed by atoms with Crippen molar-refractivity contribution in [3.05, 3.63) is 63.1 Å². The predicted octanol–water partition coefficient (Wildman–Crippen LogP) is 4.90. The summed E-state index contributed by atoms with van der Waals surface area (Å²) in [5.41, 5.74) is 1.59. The molecule has 0 bridgehead atoms. The first kappa shape index (κ1) is 20.0. The number of aliphatic hydroxyl groups excluding tert-OH is 1. The molecule has 2 heterocycles. The van der Waals surface area contributed by atoms with Crippen LogP contribution in [0.5, 0.6) is 5.75 Å². The van der Waals surface area contributed by atoms with Crippen molar-refractivity contribution in [2.45, 2.75) is 13.0 Å². The zero-order valence-corrected chi connectivity index (χ0v) is 17.7. The molecule has 0 aliphatic carbocycles. The van der Waals surface area contributed by atoms with Gasteiger partial charge in [-0.15, -0.1) is 11.3 Å². The number of thiazole rings is 1. The molecule has 2 aromatic carbocycles. The number of anilines is 3. The molecule has 1 aromatic heterocycles. The van der Waals surface area contributed by atoms with Crippen LogP contribution in [0.25, 0.3) is 0 Å². The average Bonchev–Trinajstić information content (AvgIpc) is 3.15. The van der Waals surface area contributed by atoms with Crippen molar-refractivity contribution in [1.82, 2.24) is 4.98 Å². The van der Waals surface area contributed by atoms with Gasteiger partial charge >= 0.3 is 0 Å². The maximum absolute atomic E-state index is 12.9. The smallest absolute Gasteiger partial charge is 0.259 e. The van der Waals surface area contributed by atoms with Gasteiger partial charge in [-0.25, -0.2) is 4.98 Å². The Balaban J connectivity index is 1.70. The number of fused-ring (bicyclic) bond motifs is 1. The summed E-state index contributed by atoms with van der Waals surface area (Å²) in [6.07, 6.45) is 1.78. The number of nitrogens with one attached hydrogen (secondary N) is 1. The number of para-hydroxylation sites is 1. The van der Waals surface area contributed by atoms with Gasteiger partial charge < -0.3 is 20.1 Å². The van der Waals surface area contributed by atoms with Crippen LogP contribution >= 0.6 is 34.5 Å². The minimum Gasteiger partial charge on any atom is -0.488 e. The highest BCUT2D eigenvalue weighted by Gasteiger charge is 2.32. The van der Waals surface area contributed by atoms with Crippen molar-refractivity contribution in [1.29, 1.82) is 0 Å². The highest BCUT2D eigenvalue weighted by molar-refractivity contribution is 7.15. The number of hydrogen-bond acceptors (Lipinski definition) is 6. The lowest BCUT2D eigenvalue weighted by atomic mass is 10.1. The fourth-order valence-electron chi connectivity index (χ4n) is 3.12. The van der Waals surface area contributed by atoms with Crippen LogP contribution in [0.3, 0.4) is 0 Å². The van der Waals surface area contributed by atoms with E-state index in [1.807, 2.05) is 17.9 Å². The first-order chi connectivity index (χ1) is 14.0. The van der Waals surface area contributed by atoms with Gasteiger partial charge in [-0.05, 0) is 37.3 Å². The Hall–Kier alpha value is -2.32. The summed E-state index contributed by atoms with van der Waals surface area (Å²) in [6, 6.07) is 9.91. The molecule has 1 atom stereocenters. The third-order valence-electron chi connectivity index (χ3n) is 4.49. The van der Waals surface area contributed by atoms with E-state index in [1.54, 1.807) is 36.5 Å².